The molecule has 0 saturated carbocycles. The van der Waals surface area contributed by atoms with E-state index in [-0.39, 0.29) is 17.5 Å². The van der Waals surface area contributed by atoms with E-state index in [0.717, 1.165) is 16.0 Å². The molecule has 0 radical (unpaired) electrons. The molecule has 0 spiro atoms. The molecule has 0 aliphatic carbocycles. The van der Waals surface area contributed by atoms with Gasteiger partial charge in [0.2, 0.25) is 5.91 Å². The van der Waals surface area contributed by atoms with Gasteiger partial charge < -0.3 is 5.32 Å². The minimum atomic E-state index is -0.333. The lowest BCUT2D eigenvalue weighted by molar-refractivity contribution is -0.113. The molecule has 1 amide bonds. The molecule has 180 valence electrons. The number of hydrogen-bond donors (Lipinski definition) is 1. The lowest BCUT2D eigenvalue weighted by Gasteiger charge is -2.10. The quantitative estimate of drug-likeness (QED) is 0.229. The van der Waals surface area contributed by atoms with E-state index in [2.05, 4.69) is 20.5 Å². The number of rotatable bonds is 8. The Bertz CT molecular complexity index is 1470. The third-order valence-corrected chi connectivity index (χ3v) is 7.27. The molecule has 2 aromatic heterocycles. The number of amides is 1. The number of carbonyl (C=O) groups is 1. The molecule has 0 saturated heterocycles. The van der Waals surface area contributed by atoms with Gasteiger partial charge in [-0.15, -0.1) is 21.5 Å². The highest BCUT2D eigenvalue weighted by Crippen LogP contribution is 2.28. The summed E-state index contributed by atoms with van der Waals surface area (Å²) < 4.78 is 15.4. The molecule has 2 heterocycles. The van der Waals surface area contributed by atoms with E-state index in [1.807, 2.05) is 59.2 Å². The van der Waals surface area contributed by atoms with Crippen LogP contribution in [0.1, 0.15) is 10.4 Å². The molecule has 1 N–H and O–H groups in total. The highest BCUT2D eigenvalue weighted by atomic mass is 35.5. The zero-order valence-electron chi connectivity index (χ0n) is 18.8. The van der Waals surface area contributed by atoms with Gasteiger partial charge in [0.25, 0.3) is 0 Å². The van der Waals surface area contributed by atoms with Gasteiger partial charge in [0.05, 0.1) is 5.75 Å². The lowest BCUT2D eigenvalue weighted by atomic mass is 10.1. The number of benzene rings is 3. The van der Waals surface area contributed by atoms with Crippen molar-refractivity contribution in [2.24, 2.45) is 0 Å². The first kappa shape index (κ1) is 24.2. The third kappa shape index (κ3) is 5.81. The highest BCUT2D eigenvalue weighted by Gasteiger charge is 2.18. The van der Waals surface area contributed by atoms with Crippen molar-refractivity contribution in [2.45, 2.75) is 11.6 Å². The smallest absolute Gasteiger partial charge is 0.236 e. The Morgan fingerprint density at radius 1 is 1.00 bits per heavy atom. The topological polar surface area (TPSA) is 72.7 Å². The van der Waals surface area contributed by atoms with Gasteiger partial charge in [-0.25, -0.2) is 9.37 Å². The molecule has 0 unspecified atom stereocenters. The number of carbonyl (C=O) groups excluding carboxylic acids is 1. The minimum absolute atomic E-state index is 0.111. The molecular formula is C26H19ClFN5OS2. The maximum atomic E-state index is 13.5. The first-order chi connectivity index (χ1) is 17.5. The fraction of sp³-hybridized carbons (Fsp3) is 0.0769. The van der Waals surface area contributed by atoms with Gasteiger partial charge >= 0.3 is 0 Å². The lowest BCUT2D eigenvalue weighted by Crippen LogP contribution is -2.14. The molecule has 0 atom stereocenters. The van der Waals surface area contributed by atoms with E-state index < -0.39 is 0 Å². The average molecular weight is 536 g/mol. The van der Waals surface area contributed by atoms with E-state index in [1.54, 1.807) is 18.3 Å². The second-order valence-electron chi connectivity index (χ2n) is 7.76. The summed E-state index contributed by atoms with van der Waals surface area (Å²) in [6.45, 7) is 0. The third-order valence-electron chi connectivity index (χ3n) is 5.17. The zero-order valence-corrected chi connectivity index (χ0v) is 21.2. The monoisotopic (exact) mass is 535 g/mol. The maximum absolute atomic E-state index is 13.5. The number of aromatic nitrogens is 4. The highest BCUT2D eigenvalue weighted by molar-refractivity contribution is 7.99. The van der Waals surface area contributed by atoms with Crippen molar-refractivity contribution in [3.05, 3.63) is 106 Å². The molecule has 6 nitrogen and oxygen atoms in total. The van der Waals surface area contributed by atoms with E-state index >= 15 is 0 Å². The van der Waals surface area contributed by atoms with Gasteiger partial charge in [0, 0.05) is 33.8 Å². The summed E-state index contributed by atoms with van der Waals surface area (Å²) in [5, 5.41) is 13.3. The molecule has 0 fully saturated rings. The fourth-order valence-electron chi connectivity index (χ4n) is 3.50. The molecule has 3 aromatic carbocycles. The van der Waals surface area contributed by atoms with Crippen LogP contribution in [0.25, 0.3) is 17.1 Å². The van der Waals surface area contributed by atoms with Crippen LogP contribution in [0.15, 0.2) is 90.2 Å². The average Bonchev–Trinajstić information content (AvgIpc) is 3.52. The SMILES string of the molecule is O=C(CSc1nnc(-c2ccccc2)n1-c1ccc(F)cc1)Nc1ncc(Cc2ccc(Cl)cc2)s1. The number of nitrogens with one attached hydrogen (secondary N) is 1. The van der Waals surface area contributed by atoms with Gasteiger partial charge in [-0.05, 0) is 42.0 Å². The first-order valence-electron chi connectivity index (χ1n) is 10.9. The van der Waals surface area contributed by atoms with Crippen LogP contribution in [-0.2, 0) is 11.2 Å². The van der Waals surface area contributed by atoms with Gasteiger partial charge in [-0.2, -0.15) is 0 Å². The number of thioether (sulfide) groups is 1. The van der Waals surface area contributed by atoms with Crippen LogP contribution < -0.4 is 5.32 Å². The van der Waals surface area contributed by atoms with Crippen molar-refractivity contribution in [1.29, 1.82) is 0 Å². The standard InChI is InChI=1S/C26H19ClFN5OS2/c27-19-8-6-17(7-9-19)14-22-15-29-25(36-22)30-23(34)16-35-26-32-31-24(18-4-2-1-3-5-18)33(26)21-12-10-20(28)11-13-21/h1-13,15H,14,16H2,(H,29,30,34). The molecule has 36 heavy (non-hydrogen) atoms. The normalized spacial score (nSPS) is 10.9. The van der Waals surface area contributed by atoms with Crippen molar-refractivity contribution in [3.63, 3.8) is 0 Å². The molecule has 5 rings (SSSR count). The van der Waals surface area contributed by atoms with Gasteiger partial charge in [-0.1, -0.05) is 65.8 Å². The zero-order chi connectivity index (χ0) is 24.9. The molecule has 0 aliphatic heterocycles. The fourth-order valence-corrected chi connectivity index (χ4v) is 5.24. The maximum Gasteiger partial charge on any atom is 0.236 e. The molecule has 10 heteroatoms. The summed E-state index contributed by atoms with van der Waals surface area (Å²) in [7, 11) is 0. The number of hydrogen-bond acceptors (Lipinski definition) is 6. The Hall–Kier alpha value is -3.53. The summed E-state index contributed by atoms with van der Waals surface area (Å²) in [6.07, 6.45) is 2.47. The molecule has 5 aromatic rings. The number of halogens is 2. The predicted octanol–water partition coefficient (Wildman–Crippen LogP) is 6.50. The van der Waals surface area contributed by atoms with Crippen LogP contribution >= 0.6 is 34.7 Å². The molecule has 0 bridgehead atoms. The van der Waals surface area contributed by atoms with Crippen molar-refractivity contribution in [2.75, 3.05) is 11.1 Å². The Labute approximate surface area is 220 Å². The van der Waals surface area contributed by atoms with Crippen molar-refractivity contribution < 1.29 is 9.18 Å². The van der Waals surface area contributed by atoms with Crippen LogP contribution in [0.3, 0.4) is 0 Å². The summed E-state index contributed by atoms with van der Waals surface area (Å²) in [4.78, 5) is 18.0. The summed E-state index contributed by atoms with van der Waals surface area (Å²) in [6, 6.07) is 23.3. The minimum Gasteiger partial charge on any atom is -0.301 e. The summed E-state index contributed by atoms with van der Waals surface area (Å²) >= 11 is 8.63. The summed E-state index contributed by atoms with van der Waals surface area (Å²) in [5.74, 6) is 0.181. The Morgan fingerprint density at radius 3 is 2.50 bits per heavy atom. The number of thiazole rings is 1. The second-order valence-corrected chi connectivity index (χ2v) is 10.2. The summed E-state index contributed by atoms with van der Waals surface area (Å²) in [5.41, 5.74) is 2.68. The van der Waals surface area contributed by atoms with E-state index in [4.69, 9.17) is 11.6 Å². The van der Waals surface area contributed by atoms with E-state index in [9.17, 15) is 9.18 Å². The van der Waals surface area contributed by atoms with Gasteiger partial charge in [-0.3, -0.25) is 9.36 Å². The Morgan fingerprint density at radius 2 is 1.75 bits per heavy atom. The van der Waals surface area contributed by atoms with Crippen molar-refractivity contribution in [3.8, 4) is 17.1 Å². The molecular weight excluding hydrogens is 517 g/mol. The van der Waals surface area contributed by atoms with Crippen LogP contribution in [-0.4, -0.2) is 31.4 Å². The van der Waals surface area contributed by atoms with Crippen molar-refractivity contribution >= 4 is 45.7 Å². The van der Waals surface area contributed by atoms with E-state index in [1.165, 1.54) is 35.2 Å². The van der Waals surface area contributed by atoms with Crippen LogP contribution in [0.4, 0.5) is 9.52 Å². The van der Waals surface area contributed by atoms with Crippen LogP contribution in [0.5, 0.6) is 0 Å². The number of nitrogens with zero attached hydrogens (tertiary/aromatic N) is 4. The van der Waals surface area contributed by atoms with Gasteiger partial charge in [0.15, 0.2) is 16.1 Å². The Balaban J connectivity index is 1.28. The van der Waals surface area contributed by atoms with Gasteiger partial charge in [0.1, 0.15) is 5.82 Å². The Kier molecular flexibility index (Phi) is 7.41. The largest absolute Gasteiger partial charge is 0.301 e. The van der Waals surface area contributed by atoms with Crippen molar-refractivity contribution in [1.82, 2.24) is 19.7 Å². The van der Waals surface area contributed by atoms with E-state index in [0.29, 0.717) is 33.2 Å². The first-order valence-corrected chi connectivity index (χ1v) is 13.1. The van der Waals surface area contributed by atoms with Crippen LogP contribution in [0, 0.1) is 5.82 Å². The second kappa shape index (κ2) is 11.0. The number of anilines is 1. The van der Waals surface area contributed by atoms with Crippen LogP contribution in [0.2, 0.25) is 5.02 Å². The predicted molar refractivity (Wildman–Crippen MR) is 142 cm³/mol. The molecule has 0 aliphatic rings.